The van der Waals surface area contributed by atoms with Crippen LogP contribution in [0.15, 0.2) is 39.4 Å². The molecule has 2 N–H and O–H groups in total. The highest BCUT2D eigenvalue weighted by Gasteiger charge is 2.10. The van der Waals surface area contributed by atoms with Gasteiger partial charge < -0.3 is 19.3 Å². The van der Waals surface area contributed by atoms with E-state index >= 15 is 0 Å². The van der Waals surface area contributed by atoms with E-state index in [2.05, 4.69) is 12.2 Å². The molecule has 0 spiro atoms. The largest absolute Gasteiger partial charge is 0.475 e. The summed E-state index contributed by atoms with van der Waals surface area (Å²) in [7, 11) is 0. The van der Waals surface area contributed by atoms with Gasteiger partial charge in [-0.3, -0.25) is 0 Å². The zero-order valence-electron chi connectivity index (χ0n) is 10.8. The first-order valence-corrected chi connectivity index (χ1v) is 6.23. The standard InChI is InChI=1S/C14H17NO4/c1-10(4-5-11-3-2-8-18-11)15-9-12-6-7-13(19-12)14(16)17/h2-3,6-8,10,15H,4-5,9H2,1H3,(H,16,17). The summed E-state index contributed by atoms with van der Waals surface area (Å²) in [6.45, 7) is 2.59. The number of carboxylic acid groups (broad SMARTS) is 1. The second kappa shape index (κ2) is 6.24. The average molecular weight is 263 g/mol. The normalized spacial score (nSPS) is 12.5. The highest BCUT2D eigenvalue weighted by atomic mass is 16.4. The Morgan fingerprint density at radius 1 is 1.37 bits per heavy atom. The van der Waals surface area contributed by atoms with Gasteiger partial charge in [0.1, 0.15) is 11.5 Å². The van der Waals surface area contributed by atoms with Crippen molar-refractivity contribution >= 4 is 5.97 Å². The third-order valence-electron chi connectivity index (χ3n) is 2.90. The van der Waals surface area contributed by atoms with Gasteiger partial charge in [-0.25, -0.2) is 4.79 Å². The topological polar surface area (TPSA) is 75.6 Å². The molecule has 0 fully saturated rings. The molecule has 2 aromatic rings. The van der Waals surface area contributed by atoms with Crippen LogP contribution in [-0.2, 0) is 13.0 Å². The smallest absolute Gasteiger partial charge is 0.371 e. The number of furan rings is 2. The highest BCUT2D eigenvalue weighted by molar-refractivity contribution is 5.84. The number of hydrogen-bond acceptors (Lipinski definition) is 4. The van der Waals surface area contributed by atoms with Crippen LogP contribution in [0, 0.1) is 0 Å². The zero-order chi connectivity index (χ0) is 13.7. The van der Waals surface area contributed by atoms with Gasteiger partial charge in [-0.2, -0.15) is 0 Å². The Hall–Kier alpha value is -2.01. The van der Waals surface area contributed by atoms with E-state index in [0.717, 1.165) is 18.6 Å². The molecule has 0 bridgehead atoms. The summed E-state index contributed by atoms with van der Waals surface area (Å²) in [6.07, 6.45) is 3.49. The molecule has 5 nitrogen and oxygen atoms in total. The summed E-state index contributed by atoms with van der Waals surface area (Å²) in [5.74, 6) is 0.527. The maximum atomic E-state index is 10.7. The predicted octanol–water partition coefficient (Wildman–Crippen LogP) is 2.68. The minimum atomic E-state index is -1.04. The van der Waals surface area contributed by atoms with Crippen LogP contribution < -0.4 is 5.32 Å². The van der Waals surface area contributed by atoms with Crippen LogP contribution >= 0.6 is 0 Å². The highest BCUT2D eigenvalue weighted by Crippen LogP contribution is 2.09. The van der Waals surface area contributed by atoms with Crippen molar-refractivity contribution in [2.24, 2.45) is 0 Å². The number of hydrogen-bond donors (Lipinski definition) is 2. The SMILES string of the molecule is CC(CCc1ccco1)NCc1ccc(C(=O)O)o1. The van der Waals surface area contributed by atoms with Crippen LogP contribution in [0.3, 0.4) is 0 Å². The van der Waals surface area contributed by atoms with Crippen molar-refractivity contribution < 1.29 is 18.7 Å². The maximum Gasteiger partial charge on any atom is 0.371 e. The van der Waals surface area contributed by atoms with E-state index in [0.29, 0.717) is 18.3 Å². The first-order chi connectivity index (χ1) is 9.15. The van der Waals surface area contributed by atoms with Crippen molar-refractivity contribution in [2.75, 3.05) is 0 Å². The molecule has 0 saturated heterocycles. The van der Waals surface area contributed by atoms with E-state index in [1.165, 1.54) is 6.07 Å². The Morgan fingerprint density at radius 2 is 2.21 bits per heavy atom. The minimum absolute atomic E-state index is 0.0277. The van der Waals surface area contributed by atoms with Gasteiger partial charge in [-0.1, -0.05) is 0 Å². The number of nitrogens with one attached hydrogen (secondary N) is 1. The summed E-state index contributed by atoms with van der Waals surface area (Å²) >= 11 is 0. The van der Waals surface area contributed by atoms with Crippen molar-refractivity contribution in [3.8, 4) is 0 Å². The Morgan fingerprint density at radius 3 is 2.84 bits per heavy atom. The first kappa shape index (κ1) is 13.4. The van der Waals surface area contributed by atoms with Crippen molar-refractivity contribution in [3.63, 3.8) is 0 Å². The molecule has 0 amide bonds. The molecule has 1 atom stereocenters. The first-order valence-electron chi connectivity index (χ1n) is 6.23. The minimum Gasteiger partial charge on any atom is -0.475 e. The molecule has 0 saturated carbocycles. The van der Waals surface area contributed by atoms with Gasteiger partial charge in [-0.05, 0) is 37.6 Å². The quantitative estimate of drug-likeness (QED) is 0.803. The van der Waals surface area contributed by atoms with E-state index < -0.39 is 5.97 Å². The van der Waals surface area contributed by atoms with E-state index in [1.807, 2.05) is 12.1 Å². The molecular weight excluding hydrogens is 246 g/mol. The van der Waals surface area contributed by atoms with E-state index in [-0.39, 0.29) is 5.76 Å². The van der Waals surface area contributed by atoms with E-state index in [1.54, 1.807) is 12.3 Å². The summed E-state index contributed by atoms with van der Waals surface area (Å²) in [5.41, 5.74) is 0. The molecule has 102 valence electrons. The molecule has 2 aromatic heterocycles. The second-order valence-electron chi connectivity index (χ2n) is 4.47. The third kappa shape index (κ3) is 3.99. The fraction of sp³-hybridized carbons (Fsp3) is 0.357. The predicted molar refractivity (Wildman–Crippen MR) is 69.0 cm³/mol. The van der Waals surface area contributed by atoms with Crippen LogP contribution in [0.4, 0.5) is 0 Å². The number of carbonyl (C=O) groups is 1. The van der Waals surface area contributed by atoms with Gasteiger partial charge >= 0.3 is 5.97 Å². The van der Waals surface area contributed by atoms with Crippen LogP contribution in [0.1, 0.15) is 35.4 Å². The van der Waals surface area contributed by atoms with Crippen LogP contribution in [-0.4, -0.2) is 17.1 Å². The maximum absolute atomic E-state index is 10.7. The number of carboxylic acids is 1. The molecule has 1 unspecified atom stereocenters. The molecule has 0 aliphatic heterocycles. The van der Waals surface area contributed by atoms with Crippen molar-refractivity contribution in [2.45, 2.75) is 32.4 Å². The summed E-state index contributed by atoms with van der Waals surface area (Å²) in [6, 6.07) is 7.27. The van der Waals surface area contributed by atoms with Crippen molar-refractivity contribution in [3.05, 3.63) is 47.8 Å². The molecule has 2 heterocycles. The summed E-state index contributed by atoms with van der Waals surface area (Å²) in [5, 5.41) is 12.0. The lowest BCUT2D eigenvalue weighted by atomic mass is 10.1. The lowest BCUT2D eigenvalue weighted by Crippen LogP contribution is -2.25. The third-order valence-corrected chi connectivity index (χ3v) is 2.90. The Bertz CT molecular complexity index is 515. The summed E-state index contributed by atoms with van der Waals surface area (Å²) in [4.78, 5) is 10.7. The monoisotopic (exact) mass is 263 g/mol. The Labute approximate surface area is 111 Å². The van der Waals surface area contributed by atoms with Crippen molar-refractivity contribution in [1.29, 1.82) is 0 Å². The van der Waals surface area contributed by atoms with Gasteiger partial charge in [0.05, 0.1) is 12.8 Å². The van der Waals surface area contributed by atoms with Gasteiger partial charge in [-0.15, -0.1) is 0 Å². The van der Waals surface area contributed by atoms with Gasteiger partial charge in [0.25, 0.3) is 0 Å². The number of aryl methyl sites for hydroxylation is 1. The molecule has 0 aromatic carbocycles. The lowest BCUT2D eigenvalue weighted by Gasteiger charge is -2.11. The molecule has 0 aliphatic rings. The molecule has 0 radical (unpaired) electrons. The molecule has 19 heavy (non-hydrogen) atoms. The number of aromatic carboxylic acids is 1. The molecular formula is C14H17NO4. The number of rotatable bonds is 7. The van der Waals surface area contributed by atoms with Crippen LogP contribution in [0.25, 0.3) is 0 Å². The second-order valence-corrected chi connectivity index (χ2v) is 4.47. The van der Waals surface area contributed by atoms with Gasteiger partial charge in [0, 0.05) is 12.5 Å². The van der Waals surface area contributed by atoms with E-state index in [4.69, 9.17) is 13.9 Å². The Balaban J connectivity index is 1.73. The fourth-order valence-corrected chi connectivity index (χ4v) is 1.78. The fourth-order valence-electron chi connectivity index (χ4n) is 1.78. The summed E-state index contributed by atoms with van der Waals surface area (Å²) < 4.78 is 10.4. The van der Waals surface area contributed by atoms with Gasteiger partial charge in [0.2, 0.25) is 5.76 Å². The molecule has 2 rings (SSSR count). The molecule has 0 aliphatic carbocycles. The molecule has 5 heteroatoms. The Kier molecular flexibility index (Phi) is 4.41. The zero-order valence-corrected chi connectivity index (χ0v) is 10.8. The van der Waals surface area contributed by atoms with Crippen LogP contribution in [0.5, 0.6) is 0 Å². The average Bonchev–Trinajstić information content (AvgIpc) is 3.05. The lowest BCUT2D eigenvalue weighted by molar-refractivity contribution is 0.0660. The van der Waals surface area contributed by atoms with E-state index in [9.17, 15) is 4.79 Å². The van der Waals surface area contributed by atoms with Crippen LogP contribution in [0.2, 0.25) is 0 Å². The van der Waals surface area contributed by atoms with Gasteiger partial charge in [0.15, 0.2) is 0 Å². The van der Waals surface area contributed by atoms with Crippen molar-refractivity contribution in [1.82, 2.24) is 5.32 Å².